The van der Waals surface area contributed by atoms with Crippen LogP contribution in [0.4, 0.5) is 0 Å². The van der Waals surface area contributed by atoms with E-state index in [4.69, 9.17) is 11.6 Å². The summed E-state index contributed by atoms with van der Waals surface area (Å²) in [6.07, 6.45) is 3.58. The molecule has 3 aromatic rings. The van der Waals surface area contributed by atoms with Gasteiger partial charge in [-0.15, -0.1) is 0 Å². The summed E-state index contributed by atoms with van der Waals surface area (Å²) in [6, 6.07) is 27.4. The summed E-state index contributed by atoms with van der Waals surface area (Å²) >= 11 is 6.37. The molecule has 3 aromatic carbocycles. The topological polar surface area (TPSA) is 23.6 Å². The van der Waals surface area contributed by atoms with E-state index in [2.05, 4.69) is 71.3 Å². The molecular weight excluding hydrogens is 428 g/mol. The highest BCUT2D eigenvalue weighted by Gasteiger charge is 2.30. The van der Waals surface area contributed by atoms with Gasteiger partial charge in [-0.3, -0.25) is 9.69 Å². The second kappa shape index (κ2) is 11.5. The van der Waals surface area contributed by atoms with Crippen molar-refractivity contribution in [1.82, 2.24) is 9.80 Å². The third-order valence-corrected chi connectivity index (χ3v) is 6.82. The van der Waals surface area contributed by atoms with E-state index in [0.717, 1.165) is 61.6 Å². The lowest BCUT2D eigenvalue weighted by Crippen LogP contribution is -2.55. The fourth-order valence-corrected chi connectivity index (χ4v) is 4.91. The van der Waals surface area contributed by atoms with Crippen molar-refractivity contribution in [3.63, 3.8) is 0 Å². The Hall–Kier alpha value is -2.62. The number of halogens is 1. The number of amides is 1. The first kappa shape index (κ1) is 23.5. The van der Waals surface area contributed by atoms with Crippen LogP contribution in [0.1, 0.15) is 37.3 Å². The van der Waals surface area contributed by atoms with Gasteiger partial charge >= 0.3 is 0 Å². The smallest absolute Gasteiger partial charge is 0.222 e. The van der Waals surface area contributed by atoms with Gasteiger partial charge in [-0.05, 0) is 35.6 Å². The van der Waals surface area contributed by atoms with Crippen LogP contribution in [0.15, 0.2) is 78.9 Å². The lowest BCUT2D eigenvalue weighted by Gasteiger charge is -2.42. The number of hydrogen-bond acceptors (Lipinski definition) is 2. The molecule has 4 heteroatoms. The zero-order chi connectivity index (χ0) is 23.0. The molecule has 33 heavy (non-hydrogen) atoms. The molecule has 1 fully saturated rings. The maximum absolute atomic E-state index is 12.9. The van der Waals surface area contributed by atoms with E-state index in [-0.39, 0.29) is 6.04 Å². The van der Waals surface area contributed by atoms with Gasteiger partial charge < -0.3 is 4.90 Å². The van der Waals surface area contributed by atoms with E-state index in [1.54, 1.807) is 0 Å². The molecule has 3 nitrogen and oxygen atoms in total. The minimum atomic E-state index is 0.216. The van der Waals surface area contributed by atoms with Crippen LogP contribution in [0.2, 0.25) is 5.02 Å². The van der Waals surface area contributed by atoms with Crippen molar-refractivity contribution in [3.05, 3.63) is 95.0 Å². The Labute approximate surface area is 203 Å². The molecular formula is C29H33ClN2O. The van der Waals surface area contributed by atoms with Gasteiger partial charge in [0.15, 0.2) is 0 Å². The molecule has 0 aliphatic carbocycles. The third-order valence-electron chi connectivity index (χ3n) is 6.49. The van der Waals surface area contributed by atoms with E-state index in [9.17, 15) is 4.79 Å². The number of carbonyl (C=O) groups excluding carboxylic acids is 1. The summed E-state index contributed by atoms with van der Waals surface area (Å²) in [7, 11) is 0. The highest BCUT2D eigenvalue weighted by molar-refractivity contribution is 6.33. The van der Waals surface area contributed by atoms with Crippen molar-refractivity contribution >= 4 is 17.5 Å². The second-order valence-electron chi connectivity index (χ2n) is 8.95. The molecule has 1 aliphatic heterocycles. The SMILES string of the molecule is CCCCC(=O)N1CCN(Cc2ccc(-c3ccccc3Cl)cc2)CC1Cc1ccccc1. The van der Waals surface area contributed by atoms with E-state index in [0.29, 0.717) is 12.3 Å². The van der Waals surface area contributed by atoms with Crippen LogP contribution in [0, 0.1) is 0 Å². The average Bonchev–Trinajstić information content (AvgIpc) is 2.84. The first-order valence-electron chi connectivity index (χ1n) is 12.0. The fraction of sp³-hybridized carbons (Fsp3) is 0.345. The first-order valence-corrected chi connectivity index (χ1v) is 12.4. The largest absolute Gasteiger partial charge is 0.337 e. The minimum absolute atomic E-state index is 0.216. The second-order valence-corrected chi connectivity index (χ2v) is 9.35. The standard InChI is InChI=1S/C29H33ClN2O/c1-2-3-13-29(33)32-19-18-31(22-26(32)20-23-9-5-4-6-10-23)21-24-14-16-25(17-15-24)27-11-7-8-12-28(27)30/h4-12,14-17,26H,2-3,13,18-22H2,1H3. The lowest BCUT2D eigenvalue weighted by atomic mass is 10.00. The number of unbranched alkanes of at least 4 members (excludes halogenated alkanes) is 1. The molecule has 0 spiro atoms. The summed E-state index contributed by atoms with van der Waals surface area (Å²) in [5.41, 5.74) is 4.78. The zero-order valence-corrected chi connectivity index (χ0v) is 20.2. The summed E-state index contributed by atoms with van der Waals surface area (Å²) in [5, 5.41) is 0.776. The molecule has 0 saturated carbocycles. The maximum Gasteiger partial charge on any atom is 0.222 e. The molecule has 1 aliphatic rings. The summed E-state index contributed by atoms with van der Waals surface area (Å²) in [6.45, 7) is 5.65. The number of piperazine rings is 1. The molecule has 1 unspecified atom stereocenters. The average molecular weight is 461 g/mol. The van der Waals surface area contributed by atoms with E-state index < -0.39 is 0 Å². The van der Waals surface area contributed by atoms with Gasteiger partial charge in [0.1, 0.15) is 0 Å². The highest BCUT2D eigenvalue weighted by Crippen LogP contribution is 2.28. The molecule has 0 N–H and O–H groups in total. The lowest BCUT2D eigenvalue weighted by molar-refractivity contribution is -0.136. The molecule has 4 rings (SSSR count). The Bertz CT molecular complexity index is 1040. The summed E-state index contributed by atoms with van der Waals surface area (Å²) in [4.78, 5) is 17.5. The minimum Gasteiger partial charge on any atom is -0.337 e. The van der Waals surface area contributed by atoms with Crippen LogP contribution in [0.25, 0.3) is 11.1 Å². The zero-order valence-electron chi connectivity index (χ0n) is 19.4. The monoisotopic (exact) mass is 460 g/mol. The normalized spacial score (nSPS) is 16.7. The molecule has 0 bridgehead atoms. The Morgan fingerprint density at radius 3 is 2.36 bits per heavy atom. The number of benzene rings is 3. The van der Waals surface area contributed by atoms with Crippen LogP contribution in [0.3, 0.4) is 0 Å². The molecule has 1 atom stereocenters. The van der Waals surface area contributed by atoms with Crippen LogP contribution in [-0.2, 0) is 17.8 Å². The molecule has 1 saturated heterocycles. The highest BCUT2D eigenvalue weighted by atomic mass is 35.5. The Morgan fingerprint density at radius 2 is 1.64 bits per heavy atom. The third kappa shape index (κ3) is 6.25. The quantitative estimate of drug-likeness (QED) is 0.385. The predicted octanol–water partition coefficient (Wildman–Crippen LogP) is 6.45. The van der Waals surface area contributed by atoms with Gasteiger partial charge in [0.2, 0.25) is 5.91 Å². The van der Waals surface area contributed by atoms with Crippen molar-refractivity contribution in [2.45, 2.75) is 45.2 Å². The predicted molar refractivity (Wildman–Crippen MR) is 137 cm³/mol. The number of hydrogen-bond donors (Lipinski definition) is 0. The van der Waals surface area contributed by atoms with Crippen LogP contribution in [-0.4, -0.2) is 41.4 Å². The molecule has 1 heterocycles. The van der Waals surface area contributed by atoms with Crippen molar-refractivity contribution in [2.24, 2.45) is 0 Å². The molecule has 0 aromatic heterocycles. The van der Waals surface area contributed by atoms with E-state index in [1.165, 1.54) is 11.1 Å². The van der Waals surface area contributed by atoms with Crippen LogP contribution in [0.5, 0.6) is 0 Å². The van der Waals surface area contributed by atoms with Crippen molar-refractivity contribution < 1.29 is 4.79 Å². The van der Waals surface area contributed by atoms with Gasteiger partial charge in [-0.25, -0.2) is 0 Å². The number of carbonyl (C=O) groups is 1. The summed E-state index contributed by atoms with van der Waals surface area (Å²) < 4.78 is 0. The Balaban J connectivity index is 1.44. The van der Waals surface area contributed by atoms with Crippen molar-refractivity contribution in [3.8, 4) is 11.1 Å². The van der Waals surface area contributed by atoms with Gasteiger partial charge in [0.05, 0.1) is 0 Å². The van der Waals surface area contributed by atoms with Crippen LogP contribution < -0.4 is 0 Å². The number of rotatable bonds is 8. The van der Waals surface area contributed by atoms with Crippen molar-refractivity contribution in [1.29, 1.82) is 0 Å². The molecule has 0 radical (unpaired) electrons. The molecule has 172 valence electrons. The first-order chi connectivity index (χ1) is 16.1. The maximum atomic E-state index is 12.9. The fourth-order valence-electron chi connectivity index (χ4n) is 4.67. The Morgan fingerprint density at radius 1 is 0.909 bits per heavy atom. The van der Waals surface area contributed by atoms with Crippen LogP contribution >= 0.6 is 11.6 Å². The number of nitrogens with zero attached hydrogens (tertiary/aromatic N) is 2. The molecule has 1 amide bonds. The van der Waals surface area contributed by atoms with Gasteiger partial charge in [-0.2, -0.15) is 0 Å². The van der Waals surface area contributed by atoms with Gasteiger partial charge in [0.25, 0.3) is 0 Å². The van der Waals surface area contributed by atoms with E-state index in [1.807, 2.05) is 24.3 Å². The Kier molecular flexibility index (Phi) is 8.20. The van der Waals surface area contributed by atoms with E-state index >= 15 is 0 Å². The summed E-state index contributed by atoms with van der Waals surface area (Å²) in [5.74, 6) is 0.307. The van der Waals surface area contributed by atoms with Gasteiger partial charge in [-0.1, -0.05) is 97.7 Å². The van der Waals surface area contributed by atoms with Gasteiger partial charge in [0, 0.05) is 49.2 Å². The van der Waals surface area contributed by atoms with Crippen molar-refractivity contribution in [2.75, 3.05) is 19.6 Å².